The number of ether oxygens (including phenoxy) is 2. The van der Waals surface area contributed by atoms with Crippen molar-refractivity contribution in [1.29, 1.82) is 0 Å². The summed E-state index contributed by atoms with van der Waals surface area (Å²) in [5.41, 5.74) is 4.74. The molecule has 10 heteroatoms. The molecule has 0 amide bonds. The number of nitrogens with zero attached hydrogens (tertiary/aromatic N) is 2. The first-order valence-corrected chi connectivity index (χ1v) is 9.64. The topological polar surface area (TPSA) is 137 Å². The summed E-state index contributed by atoms with van der Waals surface area (Å²) in [4.78, 5) is 27.6. The van der Waals surface area contributed by atoms with E-state index in [-0.39, 0.29) is 18.2 Å². The molecule has 0 radical (unpaired) electrons. The maximum Gasteiger partial charge on any atom is 0.351 e. The Kier molecular flexibility index (Phi) is 10.9. The molecule has 4 atom stereocenters. The number of halogens is 1. The number of anilines is 1. The fourth-order valence-corrected chi connectivity index (χ4v) is 3.08. The number of rotatable bonds is 10. The highest BCUT2D eigenvalue weighted by Gasteiger charge is 2.47. The number of unbranched alkanes of at least 4 members (excludes halogenated alkanes) is 5. The SMILES string of the molecule is CCCCCCC/C=C\C(=O)O[C@H]1[C@H](O)[C@H](n2ccc(N)nc2=O)O[C@@H]1CO.Cl. The number of nitrogen functional groups attached to an aromatic ring is 1. The molecule has 0 aromatic carbocycles. The smallest absolute Gasteiger partial charge is 0.351 e. The summed E-state index contributed by atoms with van der Waals surface area (Å²) < 4.78 is 11.8. The van der Waals surface area contributed by atoms with Gasteiger partial charge in [0.25, 0.3) is 0 Å². The summed E-state index contributed by atoms with van der Waals surface area (Å²) in [5.74, 6) is -0.599. The third-order valence-electron chi connectivity index (χ3n) is 4.60. The van der Waals surface area contributed by atoms with Crippen molar-refractivity contribution >= 4 is 24.2 Å². The van der Waals surface area contributed by atoms with Crippen molar-refractivity contribution in [2.45, 2.75) is 70.0 Å². The number of carbonyl (C=O) groups excluding carboxylic acids is 1. The van der Waals surface area contributed by atoms with E-state index in [0.29, 0.717) is 0 Å². The Labute approximate surface area is 175 Å². The first kappa shape index (κ1) is 25.1. The van der Waals surface area contributed by atoms with E-state index in [2.05, 4.69) is 11.9 Å². The van der Waals surface area contributed by atoms with Crippen LogP contribution in [0.15, 0.2) is 29.2 Å². The lowest BCUT2D eigenvalue weighted by atomic mass is 10.1. The van der Waals surface area contributed by atoms with Gasteiger partial charge in [0.15, 0.2) is 12.3 Å². The van der Waals surface area contributed by atoms with Gasteiger partial charge < -0.3 is 25.4 Å². The zero-order valence-electron chi connectivity index (χ0n) is 16.5. The highest BCUT2D eigenvalue weighted by atomic mass is 35.5. The number of aromatic nitrogens is 2. The van der Waals surface area contributed by atoms with Gasteiger partial charge in [-0.1, -0.05) is 38.7 Å². The van der Waals surface area contributed by atoms with Gasteiger partial charge in [-0.25, -0.2) is 9.59 Å². The number of carbonyl (C=O) groups is 1. The number of aliphatic hydroxyl groups excluding tert-OH is 2. The van der Waals surface area contributed by atoms with E-state index in [1.54, 1.807) is 6.08 Å². The molecule has 2 rings (SSSR count). The second-order valence-corrected chi connectivity index (χ2v) is 6.79. The number of hydrogen-bond acceptors (Lipinski definition) is 8. The standard InChI is InChI=1S/C19H29N3O6.ClH/c1-2-3-4-5-6-7-8-9-15(24)28-17-13(12-23)27-18(16(17)25)22-11-10-14(20)21-19(22)26;/h8-11,13,16-18,23,25H,2-7,12H2,1H3,(H2,20,21,26);1H/b9-8-;/t13-,16+,17-,18-;/m1./s1. The molecular weight excluding hydrogens is 402 g/mol. The molecule has 4 N–H and O–H groups in total. The number of hydrogen-bond donors (Lipinski definition) is 3. The monoisotopic (exact) mass is 431 g/mol. The Hall–Kier alpha value is -1.94. The highest BCUT2D eigenvalue weighted by Crippen LogP contribution is 2.30. The van der Waals surface area contributed by atoms with Crippen LogP contribution in [0.3, 0.4) is 0 Å². The first-order valence-electron chi connectivity index (χ1n) is 9.64. The molecule has 1 aliphatic heterocycles. The van der Waals surface area contributed by atoms with Crippen molar-refractivity contribution < 1.29 is 24.5 Å². The Bertz CT molecular complexity index is 726. The second kappa shape index (κ2) is 12.6. The van der Waals surface area contributed by atoms with Crippen LogP contribution < -0.4 is 11.4 Å². The zero-order chi connectivity index (χ0) is 20.5. The van der Waals surface area contributed by atoms with Crippen molar-refractivity contribution in [3.63, 3.8) is 0 Å². The summed E-state index contributed by atoms with van der Waals surface area (Å²) >= 11 is 0. The van der Waals surface area contributed by atoms with E-state index in [1.165, 1.54) is 37.6 Å². The largest absolute Gasteiger partial charge is 0.453 e. The molecule has 1 saturated heterocycles. The molecule has 1 aromatic heterocycles. The van der Waals surface area contributed by atoms with Gasteiger partial charge in [0, 0.05) is 12.3 Å². The summed E-state index contributed by atoms with van der Waals surface area (Å²) in [5, 5.41) is 20.0. The van der Waals surface area contributed by atoms with Crippen LogP contribution in [0.2, 0.25) is 0 Å². The molecule has 0 bridgehead atoms. The van der Waals surface area contributed by atoms with Crippen molar-refractivity contribution in [2.24, 2.45) is 0 Å². The molecule has 1 aromatic rings. The maximum atomic E-state index is 12.0. The van der Waals surface area contributed by atoms with Crippen molar-refractivity contribution in [3.05, 3.63) is 34.9 Å². The lowest BCUT2D eigenvalue weighted by Crippen LogP contribution is -2.39. The molecule has 1 fully saturated rings. The molecule has 0 spiro atoms. The molecule has 1 aliphatic rings. The predicted octanol–water partition coefficient (Wildman–Crippen LogP) is 1.33. The average Bonchev–Trinajstić information content (AvgIpc) is 2.97. The van der Waals surface area contributed by atoms with Crippen molar-refractivity contribution in [3.8, 4) is 0 Å². The van der Waals surface area contributed by atoms with Gasteiger partial charge in [-0.3, -0.25) is 4.57 Å². The van der Waals surface area contributed by atoms with Gasteiger partial charge in [0.1, 0.15) is 18.0 Å². The van der Waals surface area contributed by atoms with Gasteiger partial charge >= 0.3 is 11.7 Å². The predicted molar refractivity (Wildman–Crippen MR) is 110 cm³/mol. The fourth-order valence-electron chi connectivity index (χ4n) is 3.08. The number of nitrogens with two attached hydrogens (primary N) is 1. The molecule has 0 unspecified atom stereocenters. The molecular formula is C19H30ClN3O6. The Balaban J connectivity index is 0.00000420. The third-order valence-corrected chi connectivity index (χ3v) is 4.60. The second-order valence-electron chi connectivity index (χ2n) is 6.79. The van der Waals surface area contributed by atoms with Crippen LogP contribution in [0.25, 0.3) is 0 Å². The van der Waals surface area contributed by atoms with E-state index in [9.17, 15) is 19.8 Å². The normalized spacial score (nSPS) is 23.8. The molecule has 164 valence electrons. The van der Waals surface area contributed by atoms with Gasteiger partial charge in [-0.2, -0.15) is 4.98 Å². The van der Waals surface area contributed by atoms with Gasteiger partial charge in [-0.15, -0.1) is 12.4 Å². The molecule has 29 heavy (non-hydrogen) atoms. The Morgan fingerprint density at radius 1 is 1.38 bits per heavy atom. The van der Waals surface area contributed by atoms with Crippen LogP contribution in [0.1, 0.15) is 51.7 Å². The first-order chi connectivity index (χ1) is 13.5. The lowest BCUT2D eigenvalue weighted by molar-refractivity contribution is -0.150. The number of allylic oxidation sites excluding steroid dienone is 1. The quantitative estimate of drug-likeness (QED) is 0.286. The van der Waals surface area contributed by atoms with E-state index in [1.807, 2.05) is 0 Å². The summed E-state index contributed by atoms with van der Waals surface area (Å²) in [6, 6.07) is 1.38. The molecule has 2 heterocycles. The van der Waals surface area contributed by atoms with Gasteiger partial charge in [0.05, 0.1) is 6.61 Å². The number of esters is 1. The van der Waals surface area contributed by atoms with Crippen LogP contribution in [0.5, 0.6) is 0 Å². The van der Waals surface area contributed by atoms with Gasteiger partial charge in [0.2, 0.25) is 0 Å². The minimum absolute atomic E-state index is 0. The fraction of sp³-hybridized carbons (Fsp3) is 0.632. The van der Waals surface area contributed by atoms with Crippen LogP contribution in [0.4, 0.5) is 5.82 Å². The number of aliphatic hydroxyl groups is 2. The Morgan fingerprint density at radius 2 is 2.10 bits per heavy atom. The highest BCUT2D eigenvalue weighted by molar-refractivity contribution is 5.85. The van der Waals surface area contributed by atoms with Crippen LogP contribution >= 0.6 is 12.4 Å². The van der Waals surface area contributed by atoms with E-state index < -0.39 is 42.8 Å². The molecule has 0 saturated carbocycles. The minimum atomic E-state index is -1.34. The van der Waals surface area contributed by atoms with E-state index in [4.69, 9.17) is 15.2 Å². The lowest BCUT2D eigenvalue weighted by Gasteiger charge is -2.19. The van der Waals surface area contributed by atoms with Crippen LogP contribution in [-0.2, 0) is 14.3 Å². The van der Waals surface area contributed by atoms with E-state index in [0.717, 1.165) is 23.8 Å². The minimum Gasteiger partial charge on any atom is -0.453 e. The van der Waals surface area contributed by atoms with Crippen LogP contribution in [0, 0.1) is 0 Å². The average molecular weight is 432 g/mol. The molecule has 0 aliphatic carbocycles. The molecule has 9 nitrogen and oxygen atoms in total. The third kappa shape index (κ3) is 7.11. The zero-order valence-corrected chi connectivity index (χ0v) is 17.3. The van der Waals surface area contributed by atoms with Gasteiger partial charge in [-0.05, 0) is 18.9 Å². The van der Waals surface area contributed by atoms with Crippen molar-refractivity contribution in [1.82, 2.24) is 9.55 Å². The summed E-state index contributed by atoms with van der Waals surface area (Å²) in [7, 11) is 0. The Morgan fingerprint density at radius 3 is 2.76 bits per heavy atom. The van der Waals surface area contributed by atoms with E-state index >= 15 is 0 Å². The maximum absolute atomic E-state index is 12.0. The van der Waals surface area contributed by atoms with Crippen LogP contribution in [-0.4, -0.2) is 50.7 Å². The van der Waals surface area contributed by atoms with Crippen molar-refractivity contribution in [2.75, 3.05) is 12.3 Å². The summed E-state index contributed by atoms with van der Waals surface area (Å²) in [6.07, 6.45) is 6.26. The summed E-state index contributed by atoms with van der Waals surface area (Å²) in [6.45, 7) is 1.67.